The number of hydrogen-bond donors (Lipinski definition) is 1. The summed E-state index contributed by atoms with van der Waals surface area (Å²) < 4.78 is 5.42. The summed E-state index contributed by atoms with van der Waals surface area (Å²) in [5.41, 5.74) is 3.03. The van der Waals surface area contributed by atoms with Crippen LogP contribution in [0, 0.1) is 5.92 Å². The second-order valence-corrected chi connectivity index (χ2v) is 5.93. The molecule has 0 saturated heterocycles. The predicted molar refractivity (Wildman–Crippen MR) is 79.7 cm³/mol. The van der Waals surface area contributed by atoms with Gasteiger partial charge in [0.1, 0.15) is 11.3 Å². The van der Waals surface area contributed by atoms with E-state index in [1.54, 1.807) is 6.07 Å². The van der Waals surface area contributed by atoms with E-state index in [0.717, 1.165) is 41.5 Å². The number of phenolic OH excluding ortho intramolecular Hbond substituents is 1. The summed E-state index contributed by atoms with van der Waals surface area (Å²) in [7, 11) is 3.86. The van der Waals surface area contributed by atoms with Crippen LogP contribution in [0.5, 0.6) is 5.75 Å². The average Bonchev–Trinajstić information content (AvgIpc) is 2.37. The summed E-state index contributed by atoms with van der Waals surface area (Å²) in [5, 5.41) is 10.8. The molecule has 0 bridgehead atoms. The van der Waals surface area contributed by atoms with Crippen molar-refractivity contribution in [2.24, 2.45) is 5.92 Å². The Kier molecular flexibility index (Phi) is 2.96. The molecule has 4 heteroatoms. The minimum Gasteiger partial charge on any atom is -0.508 e. The second kappa shape index (κ2) is 4.54. The van der Waals surface area contributed by atoms with Crippen LogP contribution >= 0.6 is 0 Å². The van der Waals surface area contributed by atoms with Crippen molar-refractivity contribution in [3.63, 3.8) is 0 Å². The van der Waals surface area contributed by atoms with Gasteiger partial charge in [-0.15, -0.1) is 0 Å². The van der Waals surface area contributed by atoms with Crippen LogP contribution < -0.4 is 10.5 Å². The third-order valence-corrected chi connectivity index (χ3v) is 4.10. The Balaban J connectivity index is 2.43. The van der Waals surface area contributed by atoms with Gasteiger partial charge in [-0.2, -0.15) is 0 Å². The van der Waals surface area contributed by atoms with Crippen LogP contribution in [0.1, 0.15) is 24.5 Å². The van der Waals surface area contributed by atoms with Gasteiger partial charge in [-0.25, -0.2) is 4.79 Å². The Labute approximate surface area is 117 Å². The summed E-state index contributed by atoms with van der Waals surface area (Å²) in [6.07, 6.45) is 2.70. The summed E-state index contributed by atoms with van der Waals surface area (Å²) in [6, 6.07) is 3.26. The lowest BCUT2D eigenvalue weighted by molar-refractivity contribution is 0.465. The molecule has 4 nitrogen and oxygen atoms in total. The molecule has 20 heavy (non-hydrogen) atoms. The van der Waals surface area contributed by atoms with Crippen LogP contribution in [-0.4, -0.2) is 19.2 Å². The van der Waals surface area contributed by atoms with Crippen LogP contribution in [0.25, 0.3) is 11.0 Å². The summed E-state index contributed by atoms with van der Waals surface area (Å²) in [5.74, 6) is 0.685. The van der Waals surface area contributed by atoms with Gasteiger partial charge in [-0.1, -0.05) is 6.92 Å². The monoisotopic (exact) mass is 273 g/mol. The van der Waals surface area contributed by atoms with Crippen LogP contribution in [0.3, 0.4) is 0 Å². The summed E-state index contributed by atoms with van der Waals surface area (Å²) >= 11 is 0. The van der Waals surface area contributed by atoms with Gasteiger partial charge in [0.2, 0.25) is 0 Å². The zero-order chi connectivity index (χ0) is 14.4. The van der Waals surface area contributed by atoms with E-state index in [-0.39, 0.29) is 11.4 Å². The Morgan fingerprint density at radius 2 is 2.05 bits per heavy atom. The Hall–Kier alpha value is -1.97. The molecule has 1 aliphatic carbocycles. The Bertz CT molecular complexity index is 731. The fraction of sp³-hybridized carbons (Fsp3) is 0.438. The van der Waals surface area contributed by atoms with Gasteiger partial charge in [0.15, 0.2) is 0 Å². The van der Waals surface area contributed by atoms with Crippen molar-refractivity contribution in [3.8, 4) is 5.75 Å². The maximum absolute atomic E-state index is 12.1. The molecule has 0 spiro atoms. The predicted octanol–water partition coefficient (Wildman–Crippen LogP) is 2.69. The van der Waals surface area contributed by atoms with Crippen LogP contribution in [0.2, 0.25) is 0 Å². The lowest BCUT2D eigenvalue weighted by Crippen LogP contribution is -2.21. The molecule has 1 N–H and O–H groups in total. The number of rotatable bonds is 1. The van der Waals surface area contributed by atoms with Gasteiger partial charge >= 0.3 is 5.63 Å². The molecule has 3 rings (SSSR count). The van der Waals surface area contributed by atoms with E-state index in [2.05, 4.69) is 6.92 Å². The molecule has 106 valence electrons. The number of phenols is 1. The molecule has 1 heterocycles. The summed E-state index contributed by atoms with van der Waals surface area (Å²) in [4.78, 5) is 14.1. The van der Waals surface area contributed by atoms with E-state index in [4.69, 9.17) is 4.42 Å². The third-order valence-electron chi connectivity index (χ3n) is 4.10. The molecule has 0 saturated carbocycles. The summed E-state index contributed by atoms with van der Waals surface area (Å²) in [6.45, 7) is 2.21. The number of hydrogen-bond acceptors (Lipinski definition) is 4. The largest absolute Gasteiger partial charge is 0.508 e. The maximum Gasteiger partial charge on any atom is 0.339 e. The van der Waals surface area contributed by atoms with E-state index in [9.17, 15) is 9.90 Å². The molecule has 0 fully saturated rings. The first-order valence-corrected chi connectivity index (χ1v) is 6.96. The van der Waals surface area contributed by atoms with Crippen LogP contribution in [-0.2, 0) is 12.8 Å². The highest BCUT2D eigenvalue weighted by Crippen LogP contribution is 2.37. The van der Waals surface area contributed by atoms with Gasteiger partial charge in [-0.05, 0) is 30.7 Å². The standard InChI is InChI=1S/C16H19NO3/c1-9-4-5-11-12(6-9)15-13(17(2)3)7-10(18)8-14(15)20-16(11)19/h7-9,18H,4-6H2,1-3H3. The van der Waals surface area contributed by atoms with Crippen molar-refractivity contribution in [3.05, 3.63) is 33.7 Å². The highest BCUT2D eigenvalue weighted by Gasteiger charge is 2.24. The minimum absolute atomic E-state index is 0.119. The molecule has 1 aliphatic rings. The van der Waals surface area contributed by atoms with Crippen molar-refractivity contribution in [2.75, 3.05) is 19.0 Å². The third kappa shape index (κ3) is 1.96. The first kappa shape index (κ1) is 13.0. The Morgan fingerprint density at radius 1 is 1.30 bits per heavy atom. The van der Waals surface area contributed by atoms with Gasteiger partial charge in [0.05, 0.1) is 5.69 Å². The van der Waals surface area contributed by atoms with Crippen molar-refractivity contribution in [1.29, 1.82) is 0 Å². The molecule has 0 radical (unpaired) electrons. The zero-order valence-electron chi connectivity index (χ0n) is 12.1. The topological polar surface area (TPSA) is 53.7 Å². The highest BCUT2D eigenvalue weighted by molar-refractivity contribution is 5.95. The fourth-order valence-electron chi connectivity index (χ4n) is 3.08. The maximum atomic E-state index is 12.1. The quantitative estimate of drug-likeness (QED) is 0.812. The number of benzene rings is 1. The second-order valence-electron chi connectivity index (χ2n) is 5.93. The molecule has 1 unspecified atom stereocenters. The molecular weight excluding hydrogens is 254 g/mol. The van der Waals surface area contributed by atoms with Crippen molar-refractivity contribution >= 4 is 16.7 Å². The van der Waals surface area contributed by atoms with E-state index in [1.165, 1.54) is 6.07 Å². The number of aromatic hydroxyl groups is 1. The lowest BCUT2D eigenvalue weighted by atomic mass is 9.84. The van der Waals surface area contributed by atoms with E-state index < -0.39 is 0 Å². The average molecular weight is 273 g/mol. The highest BCUT2D eigenvalue weighted by atomic mass is 16.4. The molecule has 2 aromatic rings. The van der Waals surface area contributed by atoms with Crippen molar-refractivity contribution < 1.29 is 9.52 Å². The van der Waals surface area contributed by atoms with Crippen molar-refractivity contribution in [1.82, 2.24) is 0 Å². The number of fused-ring (bicyclic) bond motifs is 3. The van der Waals surface area contributed by atoms with Crippen molar-refractivity contribution in [2.45, 2.75) is 26.2 Å². The molecular formula is C16H19NO3. The number of nitrogens with zero attached hydrogens (tertiary/aromatic N) is 1. The van der Waals surface area contributed by atoms with E-state index in [1.807, 2.05) is 19.0 Å². The Morgan fingerprint density at radius 3 is 2.75 bits per heavy atom. The first-order chi connectivity index (χ1) is 9.47. The fourth-order valence-corrected chi connectivity index (χ4v) is 3.08. The normalized spacial score (nSPS) is 18.1. The van der Waals surface area contributed by atoms with Crippen LogP contribution in [0.4, 0.5) is 5.69 Å². The SMILES string of the molecule is CC1CCc2c(c3c(N(C)C)cc(O)cc3oc2=O)C1. The van der Waals surface area contributed by atoms with E-state index in [0.29, 0.717) is 11.5 Å². The molecule has 0 aliphatic heterocycles. The van der Waals surface area contributed by atoms with Crippen LogP contribution in [0.15, 0.2) is 21.3 Å². The van der Waals surface area contributed by atoms with Gasteiger partial charge < -0.3 is 14.4 Å². The molecule has 1 aromatic heterocycles. The van der Waals surface area contributed by atoms with Gasteiger partial charge in [-0.3, -0.25) is 0 Å². The van der Waals surface area contributed by atoms with Gasteiger partial charge in [0.25, 0.3) is 0 Å². The minimum atomic E-state index is -0.255. The first-order valence-electron chi connectivity index (χ1n) is 6.96. The zero-order valence-corrected chi connectivity index (χ0v) is 12.1. The smallest absolute Gasteiger partial charge is 0.339 e. The molecule has 1 aromatic carbocycles. The number of anilines is 1. The van der Waals surface area contributed by atoms with E-state index >= 15 is 0 Å². The molecule has 1 atom stereocenters. The molecule has 0 amide bonds. The lowest BCUT2D eigenvalue weighted by Gasteiger charge is -2.24. The van der Waals surface area contributed by atoms with Gasteiger partial charge in [0, 0.05) is 37.2 Å².